The highest BCUT2D eigenvalue weighted by Gasteiger charge is 2.27. The lowest BCUT2D eigenvalue weighted by atomic mass is 9.91. The Hall–Kier alpha value is -1.38. The molecular weight excluding hydrogens is 178 g/mol. The molecule has 0 aliphatic carbocycles. The van der Waals surface area contributed by atoms with Crippen LogP contribution in [0.5, 0.6) is 0 Å². The highest BCUT2D eigenvalue weighted by molar-refractivity contribution is 5.91. The summed E-state index contributed by atoms with van der Waals surface area (Å²) in [5.41, 5.74) is 1.48. The van der Waals surface area contributed by atoms with E-state index in [4.69, 9.17) is 4.74 Å². The molecule has 1 aromatic rings. The molecule has 0 saturated heterocycles. The van der Waals surface area contributed by atoms with Crippen molar-refractivity contribution in [2.24, 2.45) is 5.92 Å². The molecule has 1 aromatic heterocycles. The summed E-state index contributed by atoms with van der Waals surface area (Å²) in [6, 6.07) is 3.54. The van der Waals surface area contributed by atoms with E-state index in [1.54, 1.807) is 18.3 Å². The van der Waals surface area contributed by atoms with Crippen molar-refractivity contribution in [3.63, 3.8) is 0 Å². The van der Waals surface area contributed by atoms with Gasteiger partial charge in [-0.2, -0.15) is 0 Å². The highest BCUT2D eigenvalue weighted by Crippen LogP contribution is 2.28. The Bertz CT molecular complexity index is 362. The zero-order valence-electron chi connectivity index (χ0n) is 8.36. The Morgan fingerprint density at radius 1 is 1.50 bits per heavy atom. The summed E-state index contributed by atoms with van der Waals surface area (Å²) in [5.74, 6) is 0.358. The first-order valence-corrected chi connectivity index (χ1v) is 4.82. The van der Waals surface area contributed by atoms with E-state index < -0.39 is 0 Å². The summed E-state index contributed by atoms with van der Waals surface area (Å²) in [4.78, 5) is 15.8. The number of pyridine rings is 1. The predicted molar refractivity (Wildman–Crippen MR) is 52.1 cm³/mol. The third-order valence-corrected chi connectivity index (χ3v) is 2.82. The van der Waals surface area contributed by atoms with Crippen LogP contribution in [0.1, 0.15) is 35.8 Å². The Morgan fingerprint density at radius 3 is 3.07 bits per heavy atom. The Morgan fingerprint density at radius 2 is 2.29 bits per heavy atom. The summed E-state index contributed by atoms with van der Waals surface area (Å²) in [6.45, 7) is 4.64. The van der Waals surface area contributed by atoms with Gasteiger partial charge in [0.15, 0.2) is 0 Å². The number of fused-ring (bicyclic) bond motifs is 1. The Balaban J connectivity index is 2.51. The van der Waals surface area contributed by atoms with E-state index in [0.717, 1.165) is 5.69 Å². The number of cyclic esters (lactones) is 1. The molecule has 2 rings (SSSR count). The van der Waals surface area contributed by atoms with Gasteiger partial charge in [0.2, 0.25) is 0 Å². The number of ether oxygens (including phenoxy) is 1. The molecule has 0 N–H and O–H groups in total. The lowest BCUT2D eigenvalue weighted by Crippen LogP contribution is -2.10. The number of hydrogen-bond donors (Lipinski definition) is 0. The molecule has 3 nitrogen and oxygen atoms in total. The first kappa shape index (κ1) is 9.19. The number of carbonyl (C=O) groups is 1. The minimum atomic E-state index is -0.246. The fraction of sp³-hybridized carbons (Fsp3) is 0.455. The van der Waals surface area contributed by atoms with Crippen LogP contribution in [0.15, 0.2) is 18.3 Å². The van der Waals surface area contributed by atoms with Crippen molar-refractivity contribution >= 4 is 5.97 Å². The number of esters is 1. The minimum Gasteiger partial charge on any atom is -0.462 e. The molecule has 3 heteroatoms. The van der Waals surface area contributed by atoms with Crippen molar-refractivity contribution in [3.05, 3.63) is 29.6 Å². The van der Waals surface area contributed by atoms with E-state index in [-0.39, 0.29) is 11.9 Å². The molecule has 2 unspecified atom stereocenters. The van der Waals surface area contributed by atoms with Crippen molar-refractivity contribution < 1.29 is 9.53 Å². The molecule has 0 bridgehead atoms. The third kappa shape index (κ3) is 1.39. The molecule has 2 atom stereocenters. The van der Waals surface area contributed by atoms with Crippen molar-refractivity contribution in [2.45, 2.75) is 19.8 Å². The second kappa shape index (κ2) is 3.40. The van der Waals surface area contributed by atoms with E-state index >= 15 is 0 Å². The van der Waals surface area contributed by atoms with E-state index in [2.05, 4.69) is 18.8 Å². The number of aromatic nitrogens is 1. The predicted octanol–water partition coefficient (Wildman–Crippen LogP) is 1.99. The lowest BCUT2D eigenvalue weighted by Gasteiger charge is -2.15. The molecule has 74 valence electrons. The molecule has 2 heterocycles. The smallest absolute Gasteiger partial charge is 0.340 e. The molecule has 0 spiro atoms. The van der Waals surface area contributed by atoms with Crippen molar-refractivity contribution in [3.8, 4) is 0 Å². The largest absolute Gasteiger partial charge is 0.462 e. The van der Waals surface area contributed by atoms with Gasteiger partial charge in [-0.3, -0.25) is 4.98 Å². The van der Waals surface area contributed by atoms with Crippen LogP contribution in [0.3, 0.4) is 0 Å². The summed E-state index contributed by atoms with van der Waals surface area (Å²) >= 11 is 0. The van der Waals surface area contributed by atoms with Crippen LogP contribution in [0.4, 0.5) is 0 Å². The number of rotatable bonds is 0. The first-order valence-electron chi connectivity index (χ1n) is 4.82. The standard InChI is InChI=1S/C11H13NO2/c1-7-6-14-11(13)9-4-3-5-12-10(9)8(7)2/h3-5,7-8H,6H2,1-2H3. The van der Waals surface area contributed by atoms with E-state index in [9.17, 15) is 4.79 Å². The van der Waals surface area contributed by atoms with Crippen LogP contribution >= 0.6 is 0 Å². The van der Waals surface area contributed by atoms with Crippen molar-refractivity contribution in [2.75, 3.05) is 6.61 Å². The van der Waals surface area contributed by atoms with E-state index in [0.29, 0.717) is 18.1 Å². The van der Waals surface area contributed by atoms with Gasteiger partial charge in [-0.15, -0.1) is 0 Å². The lowest BCUT2D eigenvalue weighted by molar-refractivity contribution is 0.0460. The van der Waals surface area contributed by atoms with Gasteiger partial charge in [0.1, 0.15) is 0 Å². The Kier molecular flexibility index (Phi) is 2.23. The van der Waals surface area contributed by atoms with Gasteiger partial charge in [0.05, 0.1) is 17.9 Å². The van der Waals surface area contributed by atoms with Gasteiger partial charge in [0.25, 0.3) is 0 Å². The number of hydrogen-bond acceptors (Lipinski definition) is 3. The van der Waals surface area contributed by atoms with Gasteiger partial charge < -0.3 is 4.74 Å². The third-order valence-electron chi connectivity index (χ3n) is 2.82. The average Bonchev–Trinajstić information content (AvgIpc) is 2.33. The van der Waals surface area contributed by atoms with Gasteiger partial charge in [-0.25, -0.2) is 4.79 Å². The second-order valence-electron chi connectivity index (χ2n) is 3.80. The fourth-order valence-corrected chi connectivity index (χ4v) is 1.65. The minimum absolute atomic E-state index is 0.246. The van der Waals surface area contributed by atoms with Gasteiger partial charge in [-0.05, 0) is 18.1 Å². The first-order chi connectivity index (χ1) is 6.70. The maximum atomic E-state index is 11.5. The van der Waals surface area contributed by atoms with E-state index in [1.807, 2.05) is 0 Å². The summed E-state index contributed by atoms with van der Waals surface area (Å²) in [6.07, 6.45) is 1.72. The average molecular weight is 191 g/mol. The van der Waals surface area contributed by atoms with Gasteiger partial charge in [-0.1, -0.05) is 13.8 Å². The van der Waals surface area contributed by atoms with Crippen LogP contribution in [0, 0.1) is 5.92 Å². The summed E-state index contributed by atoms with van der Waals surface area (Å²) < 4.78 is 5.13. The fourth-order valence-electron chi connectivity index (χ4n) is 1.65. The van der Waals surface area contributed by atoms with Gasteiger partial charge in [0, 0.05) is 12.1 Å². The second-order valence-corrected chi connectivity index (χ2v) is 3.80. The summed E-state index contributed by atoms with van der Waals surface area (Å²) in [7, 11) is 0. The maximum Gasteiger partial charge on any atom is 0.340 e. The highest BCUT2D eigenvalue weighted by atomic mass is 16.5. The Labute approximate surface area is 83.1 Å². The molecule has 0 radical (unpaired) electrons. The molecule has 1 aliphatic rings. The summed E-state index contributed by atoms with van der Waals surface area (Å²) in [5, 5.41) is 0. The van der Waals surface area contributed by atoms with Crippen LogP contribution < -0.4 is 0 Å². The SMILES string of the molecule is CC1COC(=O)c2cccnc2C1C. The van der Waals surface area contributed by atoms with Crippen molar-refractivity contribution in [1.82, 2.24) is 4.98 Å². The molecule has 14 heavy (non-hydrogen) atoms. The van der Waals surface area contributed by atoms with Crippen LogP contribution in [0.2, 0.25) is 0 Å². The van der Waals surface area contributed by atoms with Crippen LogP contribution in [-0.4, -0.2) is 17.6 Å². The molecule has 0 saturated carbocycles. The molecule has 0 amide bonds. The molecule has 0 aromatic carbocycles. The quantitative estimate of drug-likeness (QED) is 0.589. The number of carbonyl (C=O) groups excluding carboxylic acids is 1. The number of nitrogens with zero attached hydrogens (tertiary/aromatic N) is 1. The normalized spacial score (nSPS) is 26.3. The molecule has 1 aliphatic heterocycles. The van der Waals surface area contributed by atoms with E-state index in [1.165, 1.54) is 0 Å². The monoisotopic (exact) mass is 191 g/mol. The topological polar surface area (TPSA) is 39.2 Å². The van der Waals surface area contributed by atoms with Crippen molar-refractivity contribution in [1.29, 1.82) is 0 Å². The molecular formula is C11H13NO2. The zero-order valence-corrected chi connectivity index (χ0v) is 8.36. The molecule has 0 fully saturated rings. The maximum absolute atomic E-state index is 11.5. The zero-order chi connectivity index (χ0) is 10.1. The van der Waals surface area contributed by atoms with Crippen LogP contribution in [-0.2, 0) is 4.74 Å². The van der Waals surface area contributed by atoms with Crippen LogP contribution in [0.25, 0.3) is 0 Å². The van der Waals surface area contributed by atoms with Gasteiger partial charge >= 0.3 is 5.97 Å².